The number of phenolic OH excluding ortho intramolecular Hbond substituents is 2. The molecule has 6 heteroatoms. The topological polar surface area (TPSA) is 78.8 Å². The zero-order valence-corrected chi connectivity index (χ0v) is 11.0. The van der Waals surface area contributed by atoms with Crippen molar-refractivity contribution < 1.29 is 19.7 Å². The van der Waals surface area contributed by atoms with Gasteiger partial charge in [0.2, 0.25) is 0 Å². The number of aromatic hydroxyl groups is 2. The van der Waals surface area contributed by atoms with Gasteiger partial charge in [0.25, 0.3) is 0 Å². The Labute approximate surface area is 111 Å². The molecular formula is C12H16ClNO4. The lowest BCUT2D eigenvalue weighted by atomic mass is 9.80. The van der Waals surface area contributed by atoms with Crippen LogP contribution in [0.1, 0.15) is 25.5 Å². The van der Waals surface area contributed by atoms with Crippen LogP contribution in [-0.4, -0.2) is 22.9 Å². The van der Waals surface area contributed by atoms with Gasteiger partial charge >= 0.3 is 6.09 Å². The lowest BCUT2D eigenvalue weighted by Crippen LogP contribution is -2.46. The number of rotatable bonds is 1. The summed E-state index contributed by atoms with van der Waals surface area (Å²) in [5, 5.41) is 21.7. The molecular weight excluding hydrogens is 258 g/mol. The van der Waals surface area contributed by atoms with Gasteiger partial charge in [0.15, 0.2) is 0 Å². The second-order valence-corrected chi connectivity index (χ2v) is 4.89. The highest BCUT2D eigenvalue weighted by atomic mass is 35.5. The van der Waals surface area contributed by atoms with Gasteiger partial charge in [-0.1, -0.05) is 13.8 Å². The lowest BCUT2D eigenvalue weighted by molar-refractivity contribution is 0.0381. The quantitative estimate of drug-likeness (QED) is 0.734. The van der Waals surface area contributed by atoms with E-state index in [1.54, 1.807) is 6.07 Å². The molecule has 1 aromatic rings. The van der Waals surface area contributed by atoms with Crippen LogP contribution in [0.5, 0.6) is 11.5 Å². The minimum atomic E-state index is -0.498. The zero-order chi connectivity index (χ0) is 12.6. The summed E-state index contributed by atoms with van der Waals surface area (Å²) in [6.07, 6.45) is -0.498. The average molecular weight is 274 g/mol. The van der Waals surface area contributed by atoms with Crippen molar-refractivity contribution >= 4 is 18.5 Å². The fraction of sp³-hybridized carbons (Fsp3) is 0.417. The van der Waals surface area contributed by atoms with Crippen molar-refractivity contribution in [2.75, 3.05) is 6.61 Å². The Bertz CT molecular complexity index is 461. The Kier molecular flexibility index (Phi) is 3.96. The van der Waals surface area contributed by atoms with Crippen LogP contribution in [0.25, 0.3) is 0 Å². The van der Waals surface area contributed by atoms with Crippen LogP contribution in [0.15, 0.2) is 18.2 Å². The van der Waals surface area contributed by atoms with E-state index >= 15 is 0 Å². The van der Waals surface area contributed by atoms with E-state index in [9.17, 15) is 15.0 Å². The maximum atomic E-state index is 11.2. The number of halogens is 1. The van der Waals surface area contributed by atoms with Crippen molar-refractivity contribution in [2.24, 2.45) is 5.41 Å². The molecule has 5 nitrogen and oxygen atoms in total. The Morgan fingerprint density at radius 3 is 2.67 bits per heavy atom. The van der Waals surface area contributed by atoms with Crippen LogP contribution >= 0.6 is 12.4 Å². The molecule has 0 radical (unpaired) electrons. The highest BCUT2D eigenvalue weighted by Crippen LogP contribution is 2.40. The van der Waals surface area contributed by atoms with Crippen molar-refractivity contribution in [2.45, 2.75) is 19.9 Å². The third-order valence-corrected chi connectivity index (χ3v) is 2.94. The summed E-state index contributed by atoms with van der Waals surface area (Å²) < 4.78 is 4.93. The van der Waals surface area contributed by atoms with Gasteiger partial charge in [0, 0.05) is 17.0 Å². The third-order valence-electron chi connectivity index (χ3n) is 2.94. The Morgan fingerprint density at radius 2 is 2.06 bits per heavy atom. The van der Waals surface area contributed by atoms with E-state index < -0.39 is 6.09 Å². The van der Waals surface area contributed by atoms with E-state index in [2.05, 4.69) is 5.32 Å². The normalized spacial score (nSPS) is 21.4. The van der Waals surface area contributed by atoms with E-state index in [0.717, 1.165) is 0 Å². The predicted octanol–water partition coefficient (Wildman–Crippen LogP) is 2.33. The van der Waals surface area contributed by atoms with Gasteiger partial charge < -0.3 is 20.3 Å². The predicted molar refractivity (Wildman–Crippen MR) is 68.0 cm³/mol. The van der Waals surface area contributed by atoms with Crippen LogP contribution in [0.3, 0.4) is 0 Å². The summed E-state index contributed by atoms with van der Waals surface area (Å²) in [7, 11) is 0. The monoisotopic (exact) mass is 273 g/mol. The first-order chi connectivity index (χ1) is 7.90. The van der Waals surface area contributed by atoms with E-state index in [4.69, 9.17) is 4.74 Å². The van der Waals surface area contributed by atoms with Gasteiger partial charge in [0.1, 0.15) is 18.1 Å². The van der Waals surface area contributed by atoms with E-state index in [0.29, 0.717) is 5.56 Å². The number of hydrogen-bond acceptors (Lipinski definition) is 4. The molecule has 3 N–H and O–H groups in total. The molecule has 0 spiro atoms. The highest BCUT2D eigenvalue weighted by molar-refractivity contribution is 5.85. The van der Waals surface area contributed by atoms with Crippen molar-refractivity contribution in [3.8, 4) is 11.5 Å². The number of alkyl carbamates (subject to hydrolysis) is 1. The molecule has 1 atom stereocenters. The second kappa shape index (κ2) is 4.94. The molecule has 1 aliphatic rings. The van der Waals surface area contributed by atoms with Gasteiger partial charge in [-0.25, -0.2) is 4.79 Å². The number of carbonyl (C=O) groups excluding carboxylic acids is 1. The molecule has 2 rings (SSSR count). The number of cyclic esters (lactones) is 1. The minimum absolute atomic E-state index is 0. The molecule has 0 unspecified atom stereocenters. The molecule has 0 bridgehead atoms. The summed E-state index contributed by atoms with van der Waals surface area (Å²) in [5.74, 6) is -0.0484. The van der Waals surface area contributed by atoms with Crippen molar-refractivity contribution in [3.63, 3.8) is 0 Å². The summed E-state index contributed by atoms with van der Waals surface area (Å²) in [5.41, 5.74) is 0.243. The number of nitrogens with one attached hydrogen (secondary N) is 1. The molecule has 18 heavy (non-hydrogen) atoms. The number of phenols is 2. The zero-order valence-electron chi connectivity index (χ0n) is 10.1. The summed E-state index contributed by atoms with van der Waals surface area (Å²) in [4.78, 5) is 11.2. The molecule has 100 valence electrons. The summed E-state index contributed by atoms with van der Waals surface area (Å²) in [6, 6.07) is 3.99. The van der Waals surface area contributed by atoms with Crippen LogP contribution in [-0.2, 0) is 4.74 Å². The highest BCUT2D eigenvalue weighted by Gasteiger charge is 2.39. The Morgan fingerprint density at radius 1 is 1.39 bits per heavy atom. The molecule has 1 amide bonds. The Balaban J connectivity index is 0.00000162. The van der Waals surface area contributed by atoms with E-state index in [1.807, 2.05) is 13.8 Å². The first-order valence-electron chi connectivity index (χ1n) is 5.35. The van der Waals surface area contributed by atoms with Crippen molar-refractivity contribution in [1.82, 2.24) is 5.32 Å². The van der Waals surface area contributed by atoms with E-state index in [-0.39, 0.29) is 42.0 Å². The van der Waals surface area contributed by atoms with Crippen LogP contribution in [0.2, 0.25) is 0 Å². The molecule has 1 aromatic carbocycles. The first-order valence-corrected chi connectivity index (χ1v) is 5.35. The van der Waals surface area contributed by atoms with Gasteiger partial charge in [-0.05, 0) is 12.1 Å². The smallest absolute Gasteiger partial charge is 0.407 e. The molecule has 1 heterocycles. The largest absolute Gasteiger partial charge is 0.508 e. The molecule has 1 aliphatic heterocycles. The number of hydrogen-bond donors (Lipinski definition) is 3. The van der Waals surface area contributed by atoms with Gasteiger partial charge in [-0.2, -0.15) is 0 Å². The summed E-state index contributed by atoms with van der Waals surface area (Å²) in [6.45, 7) is 4.15. The fourth-order valence-electron chi connectivity index (χ4n) is 1.96. The molecule has 0 aromatic heterocycles. The second-order valence-electron chi connectivity index (χ2n) is 4.89. The molecule has 1 fully saturated rings. The number of ether oxygens (including phenoxy) is 1. The van der Waals surface area contributed by atoms with Crippen LogP contribution in [0.4, 0.5) is 4.79 Å². The standard InChI is InChI=1S/C12H15NO4.ClH/c1-12(2)6-17-11(16)13-10(12)8-4-3-7(14)5-9(8)15;/h3-5,10,14-15H,6H2,1-2H3,(H,13,16);1H/t10-;/m0./s1. The maximum absolute atomic E-state index is 11.2. The fourth-order valence-corrected chi connectivity index (χ4v) is 1.96. The average Bonchev–Trinajstić information content (AvgIpc) is 2.23. The minimum Gasteiger partial charge on any atom is -0.508 e. The van der Waals surface area contributed by atoms with Gasteiger partial charge in [-0.3, -0.25) is 0 Å². The lowest BCUT2D eigenvalue weighted by Gasteiger charge is -2.38. The first kappa shape index (κ1) is 14.4. The SMILES string of the molecule is CC1(C)COC(=O)N[C@H]1c1ccc(O)cc1O.Cl. The van der Waals surface area contributed by atoms with Gasteiger partial charge in [-0.15, -0.1) is 12.4 Å². The number of carbonyl (C=O) groups is 1. The summed E-state index contributed by atoms with van der Waals surface area (Å²) >= 11 is 0. The maximum Gasteiger partial charge on any atom is 0.407 e. The van der Waals surface area contributed by atoms with Crippen molar-refractivity contribution in [1.29, 1.82) is 0 Å². The Hall–Kier alpha value is -1.62. The van der Waals surface area contributed by atoms with E-state index in [1.165, 1.54) is 12.1 Å². The van der Waals surface area contributed by atoms with Crippen molar-refractivity contribution in [3.05, 3.63) is 23.8 Å². The molecule has 1 saturated heterocycles. The number of amides is 1. The van der Waals surface area contributed by atoms with Crippen LogP contribution in [0, 0.1) is 5.41 Å². The molecule has 0 saturated carbocycles. The van der Waals surface area contributed by atoms with Gasteiger partial charge in [0.05, 0.1) is 6.04 Å². The third kappa shape index (κ3) is 2.61. The molecule has 0 aliphatic carbocycles. The van der Waals surface area contributed by atoms with Crippen LogP contribution < -0.4 is 5.32 Å². The number of benzene rings is 1.